The van der Waals surface area contributed by atoms with Crippen LogP contribution in [0.4, 0.5) is 15.9 Å². The monoisotopic (exact) mass is 476 g/mol. The van der Waals surface area contributed by atoms with E-state index in [0.717, 1.165) is 19.3 Å². The molecule has 3 N–H and O–H groups in total. The highest BCUT2D eigenvalue weighted by Crippen LogP contribution is 2.35. The van der Waals surface area contributed by atoms with Crippen molar-refractivity contribution in [3.8, 4) is 11.5 Å². The van der Waals surface area contributed by atoms with Crippen LogP contribution in [-0.2, 0) is 4.79 Å². The molecule has 30 heavy (non-hydrogen) atoms. The SMILES string of the molecule is COc1cc2c(Nc3ccc(Br)cc3F)ncnc2cc1OCCCCCC(N)=O. The molecule has 0 aliphatic carbocycles. The molecule has 0 radical (unpaired) electrons. The van der Waals surface area contributed by atoms with Crippen molar-refractivity contribution in [2.45, 2.75) is 25.7 Å². The Hall–Kier alpha value is -2.94. The summed E-state index contributed by atoms with van der Waals surface area (Å²) in [5.41, 5.74) is 6.07. The lowest BCUT2D eigenvalue weighted by Crippen LogP contribution is -2.09. The fraction of sp³-hybridized carbons (Fsp3) is 0.286. The van der Waals surface area contributed by atoms with E-state index in [-0.39, 0.29) is 5.91 Å². The molecule has 3 rings (SSSR count). The first kappa shape index (κ1) is 21.8. The molecule has 0 saturated carbocycles. The molecule has 0 saturated heterocycles. The van der Waals surface area contributed by atoms with E-state index in [2.05, 4.69) is 31.2 Å². The van der Waals surface area contributed by atoms with Gasteiger partial charge in [0.05, 0.1) is 24.9 Å². The molecule has 3 aromatic rings. The molecule has 0 unspecified atom stereocenters. The van der Waals surface area contributed by atoms with E-state index < -0.39 is 5.82 Å². The van der Waals surface area contributed by atoms with Gasteiger partial charge in [-0.3, -0.25) is 4.79 Å². The molecule has 0 spiro atoms. The van der Waals surface area contributed by atoms with E-state index in [0.29, 0.717) is 51.4 Å². The Bertz CT molecular complexity index is 1050. The predicted octanol–water partition coefficient (Wildman–Crippen LogP) is 4.71. The number of primary amides is 1. The van der Waals surface area contributed by atoms with Gasteiger partial charge < -0.3 is 20.5 Å². The number of halogens is 2. The highest BCUT2D eigenvalue weighted by molar-refractivity contribution is 9.10. The maximum atomic E-state index is 14.2. The second-order valence-corrected chi connectivity index (χ2v) is 7.53. The number of nitrogens with one attached hydrogen (secondary N) is 1. The number of nitrogens with two attached hydrogens (primary N) is 1. The third-order valence-corrected chi connectivity index (χ3v) is 4.92. The summed E-state index contributed by atoms with van der Waals surface area (Å²) in [5, 5.41) is 3.68. The molecule has 2 aromatic carbocycles. The number of carbonyl (C=O) groups is 1. The van der Waals surface area contributed by atoms with Crippen molar-refractivity contribution in [2.24, 2.45) is 5.73 Å². The average Bonchev–Trinajstić information content (AvgIpc) is 2.72. The first-order valence-electron chi connectivity index (χ1n) is 9.44. The molecule has 1 heterocycles. The van der Waals surface area contributed by atoms with Crippen LogP contribution < -0.4 is 20.5 Å². The van der Waals surface area contributed by atoms with Gasteiger partial charge >= 0.3 is 0 Å². The molecule has 1 aromatic heterocycles. The Labute approximate surface area is 181 Å². The molecule has 0 atom stereocenters. The lowest BCUT2D eigenvalue weighted by molar-refractivity contribution is -0.118. The first-order chi connectivity index (χ1) is 14.5. The zero-order chi connectivity index (χ0) is 21.5. The predicted molar refractivity (Wildman–Crippen MR) is 117 cm³/mol. The number of fused-ring (bicyclic) bond motifs is 1. The van der Waals surface area contributed by atoms with Crippen LogP contribution >= 0.6 is 15.9 Å². The van der Waals surface area contributed by atoms with Crippen molar-refractivity contribution in [1.82, 2.24) is 9.97 Å². The van der Waals surface area contributed by atoms with Crippen molar-refractivity contribution in [1.29, 1.82) is 0 Å². The van der Waals surface area contributed by atoms with Crippen LogP contribution in [-0.4, -0.2) is 29.6 Å². The molecule has 1 amide bonds. The van der Waals surface area contributed by atoms with Crippen LogP contribution in [0, 0.1) is 5.82 Å². The van der Waals surface area contributed by atoms with E-state index >= 15 is 0 Å². The van der Waals surface area contributed by atoms with Crippen LogP contribution in [0.1, 0.15) is 25.7 Å². The molecular formula is C21H22BrFN4O3. The van der Waals surface area contributed by atoms with E-state index in [1.165, 1.54) is 12.4 Å². The largest absolute Gasteiger partial charge is 0.493 e. The van der Waals surface area contributed by atoms with Crippen molar-refractivity contribution in [2.75, 3.05) is 19.0 Å². The number of rotatable bonds is 10. The normalized spacial score (nSPS) is 10.8. The number of carbonyl (C=O) groups excluding carboxylic acids is 1. The van der Waals surface area contributed by atoms with Crippen molar-refractivity contribution < 1.29 is 18.7 Å². The molecule has 7 nitrogen and oxygen atoms in total. The topological polar surface area (TPSA) is 99.4 Å². The van der Waals surface area contributed by atoms with E-state index in [9.17, 15) is 9.18 Å². The lowest BCUT2D eigenvalue weighted by atomic mass is 10.2. The number of nitrogens with zero attached hydrogens (tertiary/aromatic N) is 2. The molecule has 158 valence electrons. The van der Waals surface area contributed by atoms with Gasteiger partial charge in [-0.05, 0) is 43.5 Å². The summed E-state index contributed by atoms with van der Waals surface area (Å²) in [5.74, 6) is 0.837. The lowest BCUT2D eigenvalue weighted by Gasteiger charge is -2.14. The Balaban J connectivity index is 1.77. The zero-order valence-electron chi connectivity index (χ0n) is 16.5. The maximum Gasteiger partial charge on any atom is 0.217 e. The number of hydrogen-bond donors (Lipinski definition) is 2. The van der Waals surface area contributed by atoms with Gasteiger partial charge in [0.1, 0.15) is 18.0 Å². The Kier molecular flexibility index (Phi) is 7.40. The smallest absolute Gasteiger partial charge is 0.217 e. The molecule has 0 aliphatic heterocycles. The number of hydrogen-bond acceptors (Lipinski definition) is 6. The summed E-state index contributed by atoms with van der Waals surface area (Å²) >= 11 is 3.24. The van der Waals surface area contributed by atoms with Crippen LogP contribution in [0.2, 0.25) is 0 Å². The first-order valence-corrected chi connectivity index (χ1v) is 10.2. The third kappa shape index (κ3) is 5.56. The second kappa shape index (κ2) is 10.2. The number of aromatic nitrogens is 2. The van der Waals surface area contributed by atoms with E-state index in [1.807, 2.05) is 0 Å². The van der Waals surface area contributed by atoms with Gasteiger partial charge in [-0.1, -0.05) is 15.9 Å². The van der Waals surface area contributed by atoms with E-state index in [4.69, 9.17) is 15.2 Å². The van der Waals surface area contributed by atoms with E-state index in [1.54, 1.807) is 31.4 Å². The van der Waals surface area contributed by atoms with Gasteiger partial charge in [-0.2, -0.15) is 0 Å². The molecule has 9 heteroatoms. The van der Waals surface area contributed by atoms with Crippen molar-refractivity contribution in [3.63, 3.8) is 0 Å². The van der Waals surface area contributed by atoms with Gasteiger partial charge in [0.15, 0.2) is 11.5 Å². The molecular weight excluding hydrogens is 455 g/mol. The fourth-order valence-corrected chi connectivity index (χ4v) is 3.25. The highest BCUT2D eigenvalue weighted by Gasteiger charge is 2.13. The fourth-order valence-electron chi connectivity index (χ4n) is 2.91. The molecule has 0 aliphatic rings. The highest BCUT2D eigenvalue weighted by atomic mass is 79.9. The Morgan fingerprint density at radius 1 is 1.17 bits per heavy atom. The molecule has 0 bridgehead atoms. The summed E-state index contributed by atoms with van der Waals surface area (Å²) < 4.78 is 26.2. The summed E-state index contributed by atoms with van der Waals surface area (Å²) in [7, 11) is 1.55. The standard InChI is InChI=1S/C21H22BrFN4O3/c1-29-18-10-14-17(11-19(18)30-8-4-2-3-5-20(24)28)25-12-26-21(14)27-16-7-6-13(22)9-15(16)23/h6-7,9-12H,2-5,8H2,1H3,(H2,24,28)(H,25,26,27). The minimum absolute atomic E-state index is 0.292. The Morgan fingerprint density at radius 3 is 2.73 bits per heavy atom. The molecule has 0 fully saturated rings. The maximum absolute atomic E-state index is 14.2. The number of amides is 1. The minimum atomic E-state index is -0.403. The number of methoxy groups -OCH3 is 1. The number of ether oxygens (including phenoxy) is 2. The quantitative estimate of drug-likeness (QED) is 0.411. The van der Waals surface area contributed by atoms with Crippen molar-refractivity contribution in [3.05, 3.63) is 46.9 Å². The summed E-state index contributed by atoms with van der Waals surface area (Å²) in [6.07, 6.45) is 4.15. The second-order valence-electron chi connectivity index (χ2n) is 6.62. The summed E-state index contributed by atoms with van der Waals surface area (Å²) in [4.78, 5) is 19.3. The van der Waals surface area contributed by atoms with Gasteiger partial charge in [0, 0.05) is 22.3 Å². The van der Waals surface area contributed by atoms with Crippen LogP contribution in [0.3, 0.4) is 0 Å². The van der Waals surface area contributed by atoms with Gasteiger partial charge in [-0.15, -0.1) is 0 Å². The number of anilines is 2. The number of benzene rings is 2. The van der Waals surface area contributed by atoms with Crippen LogP contribution in [0.25, 0.3) is 10.9 Å². The van der Waals surface area contributed by atoms with Crippen molar-refractivity contribution >= 4 is 44.2 Å². The van der Waals surface area contributed by atoms with Crippen LogP contribution in [0.15, 0.2) is 41.1 Å². The summed E-state index contributed by atoms with van der Waals surface area (Å²) in [6.45, 7) is 0.473. The average molecular weight is 477 g/mol. The zero-order valence-corrected chi connectivity index (χ0v) is 18.0. The van der Waals surface area contributed by atoms with Gasteiger partial charge in [0.25, 0.3) is 0 Å². The number of unbranched alkanes of at least 4 members (excludes halogenated alkanes) is 2. The van der Waals surface area contributed by atoms with Gasteiger partial charge in [-0.25, -0.2) is 14.4 Å². The summed E-state index contributed by atoms with van der Waals surface area (Å²) in [6, 6.07) is 8.27. The minimum Gasteiger partial charge on any atom is -0.493 e. The van der Waals surface area contributed by atoms with Crippen LogP contribution in [0.5, 0.6) is 11.5 Å². The van der Waals surface area contributed by atoms with Gasteiger partial charge in [0.2, 0.25) is 5.91 Å². The third-order valence-electron chi connectivity index (χ3n) is 4.43. The Morgan fingerprint density at radius 2 is 2.00 bits per heavy atom.